The minimum atomic E-state index is -0.582. The maximum Gasteiger partial charge on any atom is 0.0717 e. The van der Waals surface area contributed by atoms with Gasteiger partial charge in [0.1, 0.15) is 0 Å². The third-order valence-electron chi connectivity index (χ3n) is 9.37. The lowest BCUT2D eigenvalue weighted by Gasteiger charge is -2.39. The first kappa shape index (κ1) is 34.1. The van der Waals surface area contributed by atoms with E-state index >= 15 is 0 Å². The SMILES string of the molecule is CCSC(CN(CC)C1CC(O)C(C)C(COCc2ccccc2)(COCc2ccccc2)c2[nH]c3ccccc3c21)SCC. The van der Waals surface area contributed by atoms with Crippen LogP contribution in [-0.4, -0.2) is 63.5 Å². The number of nitrogens with zero attached hydrogens (tertiary/aromatic N) is 1. The number of benzene rings is 3. The lowest BCUT2D eigenvalue weighted by molar-refractivity contribution is -0.0495. The minimum absolute atomic E-state index is 0.0705. The van der Waals surface area contributed by atoms with Crippen molar-refractivity contribution in [1.29, 1.82) is 0 Å². The van der Waals surface area contributed by atoms with Gasteiger partial charge in [0, 0.05) is 29.2 Å². The second-order valence-electron chi connectivity index (χ2n) is 12.1. The molecule has 0 saturated carbocycles. The van der Waals surface area contributed by atoms with Crippen molar-refractivity contribution in [1.82, 2.24) is 9.88 Å². The second kappa shape index (κ2) is 16.5. The number of nitrogens with one attached hydrogen (secondary N) is 1. The lowest BCUT2D eigenvalue weighted by atomic mass is 9.72. The number of ether oxygens (including phenoxy) is 2. The fourth-order valence-corrected chi connectivity index (χ4v) is 9.41. The molecule has 3 unspecified atom stereocenters. The van der Waals surface area contributed by atoms with E-state index in [0.29, 0.717) is 37.4 Å². The highest BCUT2D eigenvalue weighted by atomic mass is 32.2. The van der Waals surface area contributed by atoms with E-state index in [2.05, 4.69) is 110 Å². The van der Waals surface area contributed by atoms with E-state index in [0.717, 1.165) is 46.9 Å². The van der Waals surface area contributed by atoms with Crippen molar-refractivity contribution < 1.29 is 14.6 Å². The molecule has 242 valence electrons. The van der Waals surface area contributed by atoms with Gasteiger partial charge < -0.3 is 19.6 Å². The predicted molar refractivity (Wildman–Crippen MR) is 192 cm³/mol. The van der Waals surface area contributed by atoms with Gasteiger partial charge in [-0.3, -0.25) is 4.90 Å². The average Bonchev–Trinajstić information content (AvgIpc) is 3.43. The molecule has 0 spiro atoms. The van der Waals surface area contributed by atoms with Gasteiger partial charge in [0.05, 0.1) is 42.5 Å². The van der Waals surface area contributed by atoms with Crippen LogP contribution in [0, 0.1) is 5.92 Å². The predicted octanol–water partition coefficient (Wildman–Crippen LogP) is 8.44. The summed E-state index contributed by atoms with van der Waals surface area (Å²) in [5.74, 6) is 2.09. The van der Waals surface area contributed by atoms with Gasteiger partial charge in [0.15, 0.2) is 0 Å². The zero-order valence-electron chi connectivity index (χ0n) is 27.3. The molecule has 1 heterocycles. The van der Waals surface area contributed by atoms with Crippen molar-refractivity contribution in [3.05, 3.63) is 107 Å². The van der Waals surface area contributed by atoms with Crippen molar-refractivity contribution in [3.8, 4) is 0 Å². The molecule has 0 fully saturated rings. The molecule has 0 saturated heterocycles. The normalized spacial score (nSPS) is 19.7. The number of hydrogen-bond acceptors (Lipinski definition) is 6. The molecule has 1 aromatic heterocycles. The number of aliphatic hydroxyl groups excluding tert-OH is 1. The largest absolute Gasteiger partial charge is 0.393 e. The molecular formula is C38H50N2O3S2. The molecule has 5 rings (SSSR count). The summed E-state index contributed by atoms with van der Waals surface area (Å²) in [4.78, 5) is 6.51. The van der Waals surface area contributed by atoms with Gasteiger partial charge in [-0.1, -0.05) is 107 Å². The van der Waals surface area contributed by atoms with E-state index in [1.807, 2.05) is 35.7 Å². The highest BCUT2D eigenvalue weighted by Crippen LogP contribution is 2.49. The van der Waals surface area contributed by atoms with Crippen LogP contribution >= 0.6 is 23.5 Å². The smallest absolute Gasteiger partial charge is 0.0717 e. The van der Waals surface area contributed by atoms with Gasteiger partial charge in [0.25, 0.3) is 0 Å². The van der Waals surface area contributed by atoms with E-state index in [1.165, 1.54) is 10.9 Å². The first-order chi connectivity index (χ1) is 22.0. The third-order valence-corrected chi connectivity index (χ3v) is 11.9. The molecule has 0 bridgehead atoms. The fraction of sp³-hybridized carbons (Fsp3) is 0.474. The molecule has 2 N–H and O–H groups in total. The van der Waals surface area contributed by atoms with Crippen LogP contribution < -0.4 is 0 Å². The van der Waals surface area contributed by atoms with Crippen LogP contribution in [0.4, 0.5) is 0 Å². The van der Waals surface area contributed by atoms with Crippen molar-refractivity contribution >= 4 is 34.4 Å². The standard InChI is InChI=1S/C38H50N2O3S2/c1-5-40(23-35(44-6-2)45-7-3)33-22-34(41)28(4)38(26-42-24-29-16-10-8-11-17-29,27-43-25-30-18-12-9-13-19-30)37-36(33)31-20-14-15-21-32(31)39-37/h8-21,28,33-35,39,41H,5-7,22-27H2,1-4H3. The van der Waals surface area contributed by atoms with Crippen molar-refractivity contribution in [3.63, 3.8) is 0 Å². The molecule has 0 amide bonds. The Balaban J connectivity index is 1.58. The van der Waals surface area contributed by atoms with E-state index < -0.39 is 11.5 Å². The number of rotatable bonds is 16. The van der Waals surface area contributed by atoms with Gasteiger partial charge in [-0.25, -0.2) is 0 Å². The van der Waals surface area contributed by atoms with Gasteiger partial charge in [-0.05, 0) is 53.1 Å². The van der Waals surface area contributed by atoms with Gasteiger partial charge in [-0.2, -0.15) is 0 Å². The van der Waals surface area contributed by atoms with E-state index in [9.17, 15) is 5.11 Å². The Morgan fingerprint density at radius 2 is 1.40 bits per heavy atom. The van der Waals surface area contributed by atoms with E-state index in [-0.39, 0.29) is 12.0 Å². The van der Waals surface area contributed by atoms with Gasteiger partial charge in [0.2, 0.25) is 0 Å². The Hall–Kier alpha value is -2.26. The summed E-state index contributed by atoms with van der Waals surface area (Å²) in [7, 11) is 0. The molecular weight excluding hydrogens is 597 g/mol. The van der Waals surface area contributed by atoms with Crippen molar-refractivity contribution in [2.45, 2.75) is 69.5 Å². The quantitative estimate of drug-likeness (QED) is 0.0942. The Morgan fingerprint density at radius 1 is 0.844 bits per heavy atom. The van der Waals surface area contributed by atoms with Crippen LogP contribution in [0.2, 0.25) is 0 Å². The number of fused-ring (bicyclic) bond motifs is 3. The fourth-order valence-electron chi connectivity index (χ4n) is 6.87. The molecule has 0 aliphatic heterocycles. The molecule has 4 aromatic rings. The minimum Gasteiger partial charge on any atom is -0.393 e. The van der Waals surface area contributed by atoms with Crippen LogP contribution in [0.5, 0.6) is 0 Å². The summed E-state index contributed by atoms with van der Waals surface area (Å²) in [6.07, 6.45) is 0.142. The lowest BCUT2D eigenvalue weighted by Crippen LogP contribution is -2.47. The first-order valence-corrected chi connectivity index (χ1v) is 18.6. The Labute approximate surface area is 278 Å². The summed E-state index contributed by atoms with van der Waals surface area (Å²) < 4.78 is 13.7. The van der Waals surface area contributed by atoms with Crippen LogP contribution in [-0.2, 0) is 28.1 Å². The van der Waals surface area contributed by atoms with E-state index in [4.69, 9.17) is 9.47 Å². The summed E-state index contributed by atoms with van der Waals surface area (Å²) in [5, 5.41) is 13.3. The first-order valence-electron chi connectivity index (χ1n) is 16.5. The third kappa shape index (κ3) is 8.01. The molecule has 1 aliphatic carbocycles. The van der Waals surface area contributed by atoms with Crippen LogP contribution in [0.1, 0.15) is 62.5 Å². The Bertz CT molecular complexity index is 1400. The average molecular weight is 647 g/mol. The zero-order valence-corrected chi connectivity index (χ0v) is 28.9. The number of aliphatic hydroxyl groups is 1. The number of hydrogen-bond donors (Lipinski definition) is 2. The number of thioether (sulfide) groups is 2. The molecule has 3 atom stereocenters. The summed E-state index contributed by atoms with van der Waals surface area (Å²) in [5.41, 5.74) is 5.27. The molecule has 5 nitrogen and oxygen atoms in total. The Morgan fingerprint density at radius 3 is 1.96 bits per heavy atom. The number of aromatic amines is 1. The topological polar surface area (TPSA) is 57.7 Å². The van der Waals surface area contributed by atoms with E-state index in [1.54, 1.807) is 0 Å². The summed E-state index contributed by atoms with van der Waals surface area (Å²) >= 11 is 4.06. The Kier molecular flexibility index (Phi) is 12.5. The molecule has 0 radical (unpaired) electrons. The molecule has 1 aliphatic rings. The number of aromatic nitrogens is 1. The van der Waals surface area contributed by atoms with Crippen LogP contribution in [0.25, 0.3) is 10.9 Å². The van der Waals surface area contributed by atoms with Crippen molar-refractivity contribution in [2.75, 3.05) is 37.8 Å². The molecule has 3 aromatic carbocycles. The maximum atomic E-state index is 12.1. The van der Waals surface area contributed by atoms with Crippen molar-refractivity contribution in [2.24, 2.45) is 5.92 Å². The monoisotopic (exact) mass is 646 g/mol. The maximum absolute atomic E-state index is 12.1. The number of para-hydroxylation sites is 1. The summed E-state index contributed by atoms with van der Waals surface area (Å²) in [6, 6.07) is 29.4. The second-order valence-corrected chi connectivity index (χ2v) is 15.4. The van der Waals surface area contributed by atoms with Crippen LogP contribution in [0.3, 0.4) is 0 Å². The summed E-state index contributed by atoms with van der Waals surface area (Å²) in [6.45, 7) is 12.7. The van der Waals surface area contributed by atoms with Crippen LogP contribution in [0.15, 0.2) is 84.9 Å². The highest BCUT2D eigenvalue weighted by molar-refractivity contribution is 8.17. The highest BCUT2D eigenvalue weighted by Gasteiger charge is 2.50. The zero-order chi connectivity index (χ0) is 31.6. The van der Waals surface area contributed by atoms with Gasteiger partial charge >= 0.3 is 0 Å². The molecule has 7 heteroatoms. The number of H-pyrrole nitrogens is 1. The molecule has 45 heavy (non-hydrogen) atoms. The van der Waals surface area contributed by atoms with Gasteiger partial charge in [-0.15, -0.1) is 23.5 Å².